The molecule has 1 heterocycles. The van der Waals surface area contributed by atoms with Gasteiger partial charge in [-0.3, -0.25) is 0 Å². The highest BCUT2D eigenvalue weighted by atomic mass is 16.5. The fraction of sp³-hybridized carbons (Fsp3) is 0.167. The van der Waals surface area contributed by atoms with Gasteiger partial charge in [0.25, 0.3) is 0 Å². The van der Waals surface area contributed by atoms with Crippen molar-refractivity contribution in [2.45, 2.75) is 20.1 Å². The molecule has 3 aromatic rings. The predicted octanol–water partition coefficient (Wildman–Crippen LogP) is 3.64. The van der Waals surface area contributed by atoms with E-state index in [0.29, 0.717) is 12.4 Å². The second-order valence-electron chi connectivity index (χ2n) is 5.26. The third kappa shape index (κ3) is 2.99. The van der Waals surface area contributed by atoms with Crippen molar-refractivity contribution in [3.8, 4) is 11.5 Å². The van der Waals surface area contributed by atoms with Crippen molar-refractivity contribution in [1.29, 1.82) is 0 Å². The van der Waals surface area contributed by atoms with Crippen molar-refractivity contribution in [2.75, 3.05) is 0 Å². The topological polar surface area (TPSA) is 71.7 Å². The van der Waals surface area contributed by atoms with E-state index < -0.39 is 5.97 Å². The number of aromatic carboxylic acids is 1. The molecule has 0 spiro atoms. The molecule has 0 radical (unpaired) electrons. The van der Waals surface area contributed by atoms with Gasteiger partial charge in [-0.1, -0.05) is 0 Å². The molecule has 0 saturated heterocycles. The van der Waals surface area contributed by atoms with Gasteiger partial charge in [-0.2, -0.15) is 0 Å². The van der Waals surface area contributed by atoms with E-state index in [1.807, 2.05) is 19.2 Å². The summed E-state index contributed by atoms with van der Waals surface area (Å²) < 4.78 is 7.81. The average Bonchev–Trinajstić information content (AvgIpc) is 2.91. The minimum absolute atomic E-state index is 0.186. The maximum absolute atomic E-state index is 11.2. The van der Waals surface area contributed by atoms with Crippen molar-refractivity contribution >= 4 is 16.9 Å². The Hall–Kier alpha value is -2.95. The number of rotatable bonds is 5. The molecule has 1 aromatic heterocycles. The van der Waals surface area contributed by atoms with Gasteiger partial charge in [0.05, 0.1) is 5.56 Å². The summed E-state index contributed by atoms with van der Waals surface area (Å²) in [5, 5.41) is 19.3. The van der Waals surface area contributed by atoms with Crippen LogP contribution in [-0.2, 0) is 13.2 Å². The maximum Gasteiger partial charge on any atom is 0.335 e. The van der Waals surface area contributed by atoms with Crippen LogP contribution < -0.4 is 4.74 Å². The summed E-state index contributed by atoms with van der Waals surface area (Å²) >= 11 is 0. The quantitative estimate of drug-likeness (QED) is 0.754. The number of aromatic nitrogens is 1. The Morgan fingerprint density at radius 1 is 1.17 bits per heavy atom. The molecule has 0 aliphatic heterocycles. The largest absolute Gasteiger partial charge is 0.508 e. The van der Waals surface area contributed by atoms with Crippen LogP contribution in [0.15, 0.2) is 48.7 Å². The van der Waals surface area contributed by atoms with Crippen LogP contribution in [0.4, 0.5) is 0 Å². The van der Waals surface area contributed by atoms with E-state index in [0.717, 1.165) is 23.0 Å². The fourth-order valence-electron chi connectivity index (χ4n) is 2.58. The van der Waals surface area contributed by atoms with Gasteiger partial charge >= 0.3 is 5.97 Å². The Labute approximate surface area is 133 Å². The summed E-state index contributed by atoms with van der Waals surface area (Å²) in [7, 11) is 0. The van der Waals surface area contributed by atoms with Crippen molar-refractivity contribution in [3.63, 3.8) is 0 Å². The lowest BCUT2D eigenvalue weighted by Crippen LogP contribution is -1.97. The lowest BCUT2D eigenvalue weighted by Gasteiger charge is -2.05. The van der Waals surface area contributed by atoms with Gasteiger partial charge in [0, 0.05) is 29.2 Å². The van der Waals surface area contributed by atoms with Crippen molar-refractivity contribution in [1.82, 2.24) is 4.57 Å². The summed E-state index contributed by atoms with van der Waals surface area (Å²) in [5.74, 6) is -0.109. The predicted molar refractivity (Wildman–Crippen MR) is 87.0 cm³/mol. The molecular formula is C18H17NO4. The molecule has 0 fully saturated rings. The van der Waals surface area contributed by atoms with Gasteiger partial charge in [0.2, 0.25) is 0 Å². The Kier molecular flexibility index (Phi) is 3.93. The van der Waals surface area contributed by atoms with Gasteiger partial charge in [-0.25, -0.2) is 4.79 Å². The molecule has 118 valence electrons. The van der Waals surface area contributed by atoms with Gasteiger partial charge in [0.15, 0.2) is 0 Å². The minimum atomic E-state index is -0.943. The van der Waals surface area contributed by atoms with Crippen molar-refractivity contribution in [3.05, 3.63) is 59.8 Å². The Morgan fingerprint density at radius 2 is 1.91 bits per heavy atom. The first-order valence-corrected chi connectivity index (χ1v) is 7.35. The number of carboxylic acid groups (broad SMARTS) is 1. The van der Waals surface area contributed by atoms with E-state index in [-0.39, 0.29) is 11.3 Å². The third-order valence-electron chi connectivity index (χ3n) is 3.78. The molecule has 0 aliphatic carbocycles. The minimum Gasteiger partial charge on any atom is -0.508 e. The van der Waals surface area contributed by atoms with E-state index in [1.54, 1.807) is 36.4 Å². The second kappa shape index (κ2) is 6.04. The molecule has 0 amide bonds. The maximum atomic E-state index is 11.2. The molecule has 0 bridgehead atoms. The number of carbonyl (C=O) groups is 1. The van der Waals surface area contributed by atoms with Crippen molar-refractivity contribution < 1.29 is 19.7 Å². The van der Waals surface area contributed by atoms with E-state index in [1.165, 1.54) is 0 Å². The number of fused-ring (bicyclic) bond motifs is 1. The highest BCUT2D eigenvalue weighted by molar-refractivity contribution is 5.95. The molecule has 3 rings (SSSR count). The summed E-state index contributed by atoms with van der Waals surface area (Å²) in [6.07, 6.45) is 1.98. The van der Waals surface area contributed by atoms with Crippen LogP contribution in [0.2, 0.25) is 0 Å². The fourth-order valence-corrected chi connectivity index (χ4v) is 2.58. The average molecular weight is 311 g/mol. The van der Waals surface area contributed by atoms with Gasteiger partial charge in [-0.05, 0) is 49.4 Å². The number of hydrogen-bond acceptors (Lipinski definition) is 3. The lowest BCUT2D eigenvalue weighted by atomic mass is 10.1. The molecule has 23 heavy (non-hydrogen) atoms. The first-order chi connectivity index (χ1) is 11.1. The van der Waals surface area contributed by atoms with Gasteiger partial charge in [-0.15, -0.1) is 0 Å². The lowest BCUT2D eigenvalue weighted by molar-refractivity contribution is 0.0697. The monoisotopic (exact) mass is 311 g/mol. The van der Waals surface area contributed by atoms with E-state index in [9.17, 15) is 15.0 Å². The van der Waals surface area contributed by atoms with Crippen LogP contribution in [0, 0.1) is 0 Å². The number of phenolic OH excluding ortho intramolecular Hbond substituents is 1. The zero-order chi connectivity index (χ0) is 16.4. The first kappa shape index (κ1) is 15.0. The number of phenols is 1. The molecular weight excluding hydrogens is 294 g/mol. The molecule has 2 aromatic carbocycles. The summed E-state index contributed by atoms with van der Waals surface area (Å²) in [4.78, 5) is 11.2. The second-order valence-corrected chi connectivity index (χ2v) is 5.26. The zero-order valence-corrected chi connectivity index (χ0v) is 12.7. The third-order valence-corrected chi connectivity index (χ3v) is 3.78. The summed E-state index contributed by atoms with van der Waals surface area (Å²) in [5.41, 5.74) is 2.18. The van der Waals surface area contributed by atoms with Crippen molar-refractivity contribution in [2.24, 2.45) is 0 Å². The first-order valence-electron chi connectivity index (χ1n) is 7.35. The number of hydrogen-bond donors (Lipinski definition) is 2. The number of aromatic hydroxyl groups is 1. The Balaban J connectivity index is 1.93. The van der Waals surface area contributed by atoms with Crippen LogP contribution in [0.1, 0.15) is 22.8 Å². The molecule has 5 nitrogen and oxygen atoms in total. The molecule has 2 N–H and O–H groups in total. The van der Waals surface area contributed by atoms with Gasteiger partial charge in [0.1, 0.15) is 18.1 Å². The number of aryl methyl sites for hydroxylation is 1. The molecule has 5 heteroatoms. The van der Waals surface area contributed by atoms with E-state index in [4.69, 9.17) is 4.74 Å². The Bertz CT molecular complexity index is 849. The standard InChI is InChI=1S/C18H17NO4/c1-2-19-10-13(11-23-15-6-4-14(20)5-7-15)16-9-12(18(21)22)3-8-17(16)19/h3-10,20H,2,11H2,1H3,(H,21,22). The summed E-state index contributed by atoms with van der Waals surface area (Å²) in [6.45, 7) is 3.16. The smallest absolute Gasteiger partial charge is 0.335 e. The highest BCUT2D eigenvalue weighted by Crippen LogP contribution is 2.25. The zero-order valence-electron chi connectivity index (χ0n) is 12.7. The van der Waals surface area contributed by atoms with Crippen LogP contribution in [0.5, 0.6) is 11.5 Å². The summed E-state index contributed by atoms with van der Waals surface area (Å²) in [6, 6.07) is 11.6. The molecule has 0 unspecified atom stereocenters. The van der Waals surface area contributed by atoms with E-state index in [2.05, 4.69) is 4.57 Å². The van der Waals surface area contributed by atoms with Crippen LogP contribution in [0.25, 0.3) is 10.9 Å². The molecule has 0 atom stereocenters. The molecule has 0 aliphatic rings. The number of benzene rings is 2. The number of nitrogens with zero attached hydrogens (tertiary/aromatic N) is 1. The normalized spacial score (nSPS) is 10.8. The van der Waals surface area contributed by atoms with Gasteiger partial charge < -0.3 is 19.5 Å². The Morgan fingerprint density at radius 3 is 2.57 bits per heavy atom. The van der Waals surface area contributed by atoms with E-state index >= 15 is 0 Å². The SMILES string of the molecule is CCn1cc(COc2ccc(O)cc2)c2cc(C(=O)O)ccc21. The number of carboxylic acids is 1. The number of ether oxygens (including phenoxy) is 1. The molecule has 0 saturated carbocycles. The van der Waals surface area contributed by atoms with Crippen LogP contribution in [0.3, 0.4) is 0 Å². The highest BCUT2D eigenvalue weighted by Gasteiger charge is 2.12. The van der Waals surface area contributed by atoms with Crippen LogP contribution >= 0.6 is 0 Å². The van der Waals surface area contributed by atoms with Crippen LogP contribution in [-0.4, -0.2) is 20.7 Å².